The van der Waals surface area contributed by atoms with E-state index in [4.69, 9.17) is 4.42 Å². The second-order valence-electron chi connectivity index (χ2n) is 5.96. The average Bonchev–Trinajstić information content (AvgIpc) is 2.68. The van der Waals surface area contributed by atoms with E-state index in [-0.39, 0.29) is 11.5 Å². The van der Waals surface area contributed by atoms with Crippen LogP contribution >= 0.6 is 0 Å². The van der Waals surface area contributed by atoms with Crippen LogP contribution in [-0.4, -0.2) is 29.8 Å². The molecule has 0 fully saturated rings. The molecule has 2 amide bonds. The van der Waals surface area contributed by atoms with Crippen molar-refractivity contribution in [3.63, 3.8) is 0 Å². The Bertz CT molecular complexity index is 1050. The van der Waals surface area contributed by atoms with Gasteiger partial charge in [-0.05, 0) is 38.1 Å². The van der Waals surface area contributed by atoms with E-state index < -0.39 is 11.5 Å². The SMILES string of the molecule is CCN(CC)C(=O)c1ccccc1NC(=O)c1cc2ccccc2oc1=O. The number of hydrogen-bond acceptors (Lipinski definition) is 4. The first-order chi connectivity index (χ1) is 13.0. The molecule has 0 saturated carbocycles. The van der Waals surface area contributed by atoms with Crippen molar-refractivity contribution in [2.45, 2.75) is 13.8 Å². The maximum atomic E-state index is 12.7. The lowest BCUT2D eigenvalue weighted by molar-refractivity contribution is 0.0774. The third-order valence-corrected chi connectivity index (χ3v) is 4.34. The summed E-state index contributed by atoms with van der Waals surface area (Å²) >= 11 is 0. The number of para-hydroxylation sites is 2. The number of fused-ring (bicyclic) bond motifs is 1. The summed E-state index contributed by atoms with van der Waals surface area (Å²) in [6.45, 7) is 4.91. The molecular formula is C21H20N2O4. The number of benzene rings is 2. The highest BCUT2D eigenvalue weighted by molar-refractivity contribution is 6.09. The Kier molecular flexibility index (Phi) is 5.35. The number of carbonyl (C=O) groups is 2. The molecule has 0 saturated heterocycles. The second kappa shape index (κ2) is 7.86. The minimum absolute atomic E-state index is 0.112. The van der Waals surface area contributed by atoms with Gasteiger partial charge < -0.3 is 14.6 Å². The molecule has 27 heavy (non-hydrogen) atoms. The van der Waals surface area contributed by atoms with Gasteiger partial charge in [-0.2, -0.15) is 0 Å². The van der Waals surface area contributed by atoms with Crippen LogP contribution in [0.1, 0.15) is 34.6 Å². The number of carbonyl (C=O) groups excluding carboxylic acids is 2. The van der Waals surface area contributed by atoms with Crippen LogP contribution in [0.2, 0.25) is 0 Å². The van der Waals surface area contributed by atoms with Gasteiger partial charge in [-0.3, -0.25) is 9.59 Å². The van der Waals surface area contributed by atoms with Crippen molar-refractivity contribution in [2.75, 3.05) is 18.4 Å². The summed E-state index contributed by atoms with van der Waals surface area (Å²) in [7, 11) is 0. The van der Waals surface area contributed by atoms with E-state index in [9.17, 15) is 14.4 Å². The van der Waals surface area contributed by atoms with Gasteiger partial charge in [0, 0.05) is 18.5 Å². The zero-order valence-electron chi connectivity index (χ0n) is 15.2. The van der Waals surface area contributed by atoms with Gasteiger partial charge in [0.2, 0.25) is 0 Å². The van der Waals surface area contributed by atoms with Gasteiger partial charge in [0.1, 0.15) is 11.1 Å². The summed E-state index contributed by atoms with van der Waals surface area (Å²) < 4.78 is 5.21. The molecule has 0 aliphatic rings. The smallest absolute Gasteiger partial charge is 0.349 e. The molecular weight excluding hydrogens is 344 g/mol. The Balaban J connectivity index is 1.94. The van der Waals surface area contributed by atoms with Crippen LogP contribution in [0.25, 0.3) is 11.0 Å². The summed E-state index contributed by atoms with van der Waals surface area (Å²) in [6, 6.07) is 15.2. The summed E-state index contributed by atoms with van der Waals surface area (Å²) in [4.78, 5) is 39.2. The summed E-state index contributed by atoms with van der Waals surface area (Å²) in [5, 5.41) is 3.32. The lowest BCUT2D eigenvalue weighted by Crippen LogP contribution is -2.31. The number of nitrogens with one attached hydrogen (secondary N) is 1. The number of nitrogens with zero attached hydrogens (tertiary/aromatic N) is 1. The fourth-order valence-electron chi connectivity index (χ4n) is 2.87. The molecule has 0 bridgehead atoms. The van der Waals surface area contributed by atoms with Gasteiger partial charge in [-0.15, -0.1) is 0 Å². The Morgan fingerprint density at radius 3 is 2.37 bits per heavy atom. The minimum atomic E-state index is -0.723. The van der Waals surface area contributed by atoms with E-state index in [2.05, 4.69) is 5.32 Å². The molecule has 0 radical (unpaired) electrons. The van der Waals surface area contributed by atoms with E-state index in [1.807, 2.05) is 13.8 Å². The molecule has 6 nitrogen and oxygen atoms in total. The third-order valence-electron chi connectivity index (χ3n) is 4.34. The number of rotatable bonds is 5. The Hall–Kier alpha value is -3.41. The van der Waals surface area contributed by atoms with Crippen LogP contribution in [0.5, 0.6) is 0 Å². The van der Waals surface area contributed by atoms with E-state index in [0.29, 0.717) is 35.3 Å². The van der Waals surface area contributed by atoms with Crippen LogP contribution in [0.15, 0.2) is 63.8 Å². The summed E-state index contributed by atoms with van der Waals surface area (Å²) in [5.41, 5.74) is 0.306. The van der Waals surface area contributed by atoms with Crippen molar-refractivity contribution in [2.24, 2.45) is 0 Å². The zero-order chi connectivity index (χ0) is 19.4. The summed E-state index contributed by atoms with van der Waals surface area (Å²) in [5.74, 6) is -0.796. The van der Waals surface area contributed by atoms with Crippen LogP contribution in [0.4, 0.5) is 5.69 Å². The molecule has 3 rings (SSSR count). The quantitative estimate of drug-likeness (QED) is 0.703. The van der Waals surface area contributed by atoms with Crippen LogP contribution < -0.4 is 10.9 Å². The van der Waals surface area contributed by atoms with E-state index in [1.54, 1.807) is 53.4 Å². The van der Waals surface area contributed by atoms with Gasteiger partial charge in [0.15, 0.2) is 0 Å². The Morgan fingerprint density at radius 1 is 0.963 bits per heavy atom. The first-order valence-electron chi connectivity index (χ1n) is 8.77. The molecule has 0 unspecified atom stereocenters. The fraction of sp³-hybridized carbons (Fsp3) is 0.190. The largest absolute Gasteiger partial charge is 0.422 e. The fourth-order valence-corrected chi connectivity index (χ4v) is 2.87. The number of anilines is 1. The van der Waals surface area contributed by atoms with Gasteiger partial charge in [0.05, 0.1) is 11.3 Å². The topological polar surface area (TPSA) is 79.6 Å². The first-order valence-corrected chi connectivity index (χ1v) is 8.77. The first kappa shape index (κ1) is 18.4. The van der Waals surface area contributed by atoms with Crippen LogP contribution in [-0.2, 0) is 0 Å². The van der Waals surface area contributed by atoms with Crippen molar-refractivity contribution in [3.05, 3.63) is 76.1 Å². The van der Waals surface area contributed by atoms with Crippen LogP contribution in [0, 0.1) is 0 Å². The van der Waals surface area contributed by atoms with Gasteiger partial charge in [0.25, 0.3) is 11.8 Å². The predicted molar refractivity (Wildman–Crippen MR) is 104 cm³/mol. The van der Waals surface area contributed by atoms with Gasteiger partial charge in [-0.25, -0.2) is 4.79 Å². The summed E-state index contributed by atoms with van der Waals surface area (Å²) in [6.07, 6.45) is 0. The maximum absolute atomic E-state index is 12.7. The minimum Gasteiger partial charge on any atom is -0.422 e. The highest BCUT2D eigenvalue weighted by Gasteiger charge is 2.19. The highest BCUT2D eigenvalue weighted by atomic mass is 16.4. The Labute approximate surface area is 156 Å². The molecule has 1 aromatic heterocycles. The molecule has 6 heteroatoms. The molecule has 3 aromatic rings. The lowest BCUT2D eigenvalue weighted by atomic mass is 10.1. The van der Waals surface area contributed by atoms with Crippen molar-refractivity contribution in [1.29, 1.82) is 0 Å². The van der Waals surface area contributed by atoms with E-state index in [1.165, 1.54) is 6.07 Å². The second-order valence-corrected chi connectivity index (χ2v) is 5.96. The number of amides is 2. The van der Waals surface area contributed by atoms with Gasteiger partial charge >= 0.3 is 5.63 Å². The van der Waals surface area contributed by atoms with E-state index in [0.717, 1.165) is 0 Å². The molecule has 138 valence electrons. The molecule has 0 aliphatic carbocycles. The van der Waals surface area contributed by atoms with Gasteiger partial charge in [-0.1, -0.05) is 30.3 Å². The maximum Gasteiger partial charge on any atom is 0.349 e. The molecule has 0 spiro atoms. The third kappa shape index (κ3) is 3.74. The van der Waals surface area contributed by atoms with Crippen molar-refractivity contribution in [1.82, 2.24) is 4.90 Å². The molecule has 2 aromatic carbocycles. The Morgan fingerprint density at radius 2 is 1.63 bits per heavy atom. The van der Waals surface area contributed by atoms with Crippen molar-refractivity contribution >= 4 is 28.5 Å². The molecule has 0 aliphatic heterocycles. The average molecular weight is 364 g/mol. The van der Waals surface area contributed by atoms with E-state index >= 15 is 0 Å². The monoisotopic (exact) mass is 364 g/mol. The van der Waals surface area contributed by atoms with Crippen LogP contribution in [0.3, 0.4) is 0 Å². The standard InChI is InChI=1S/C21H20N2O4/c1-3-23(4-2)20(25)15-10-6-7-11-17(15)22-19(24)16-13-14-9-5-8-12-18(14)27-21(16)26/h5-13H,3-4H2,1-2H3,(H,22,24). The molecule has 1 heterocycles. The normalized spacial score (nSPS) is 10.6. The predicted octanol–water partition coefficient (Wildman–Crippen LogP) is 3.53. The molecule has 0 atom stereocenters. The van der Waals surface area contributed by atoms with Crippen molar-refractivity contribution < 1.29 is 14.0 Å². The lowest BCUT2D eigenvalue weighted by Gasteiger charge is -2.20. The van der Waals surface area contributed by atoms with Crippen molar-refractivity contribution in [3.8, 4) is 0 Å². The molecule has 1 N–H and O–H groups in total. The number of hydrogen-bond donors (Lipinski definition) is 1. The highest BCUT2D eigenvalue weighted by Crippen LogP contribution is 2.19. The zero-order valence-corrected chi connectivity index (χ0v) is 15.2.